The van der Waals surface area contributed by atoms with Gasteiger partial charge in [-0.1, -0.05) is 32.9 Å². The van der Waals surface area contributed by atoms with Crippen molar-refractivity contribution < 1.29 is 30.7 Å². The molecule has 0 unspecified atom stereocenters. The Hall–Kier alpha value is -2.76. The molecule has 1 aliphatic heterocycles. The van der Waals surface area contributed by atoms with Gasteiger partial charge in [0, 0.05) is 42.2 Å². The van der Waals surface area contributed by atoms with Crippen LogP contribution in [0.2, 0.25) is 0 Å². The van der Waals surface area contributed by atoms with Crippen LogP contribution in [0.1, 0.15) is 41.6 Å². The third-order valence-corrected chi connectivity index (χ3v) is 11.0. The smallest absolute Gasteiger partial charge is 0.313 e. The van der Waals surface area contributed by atoms with Crippen molar-refractivity contribution in [1.29, 1.82) is 0 Å². The summed E-state index contributed by atoms with van der Waals surface area (Å²) in [5.41, 5.74) is 3.65. The summed E-state index contributed by atoms with van der Waals surface area (Å²) in [4.78, 5) is 22.1. The van der Waals surface area contributed by atoms with Crippen molar-refractivity contribution in [2.24, 2.45) is 0 Å². The number of sulfonamides is 1. The summed E-state index contributed by atoms with van der Waals surface area (Å²) in [5, 5.41) is 4.85. The number of hydrogen-bond donors (Lipinski definition) is 3. The Bertz CT molecular complexity index is 1740. The van der Waals surface area contributed by atoms with E-state index in [-0.39, 0.29) is 10.8 Å². The van der Waals surface area contributed by atoms with Gasteiger partial charge in [-0.25, -0.2) is 13.4 Å². The second kappa shape index (κ2) is 13.3. The quantitative estimate of drug-likeness (QED) is 0.222. The van der Waals surface area contributed by atoms with E-state index in [0.29, 0.717) is 18.7 Å². The summed E-state index contributed by atoms with van der Waals surface area (Å²) in [6.45, 7) is 9.41. The molecule has 0 aliphatic carbocycles. The Balaban J connectivity index is 0.000000748. The molecule has 226 valence electrons. The van der Waals surface area contributed by atoms with Gasteiger partial charge in [-0.05, 0) is 54.9 Å². The minimum absolute atomic E-state index is 0.189. The molecule has 2 aromatic carbocycles. The first-order chi connectivity index (χ1) is 19.8. The Morgan fingerprint density at radius 2 is 1.64 bits per heavy atom. The molecule has 0 atom stereocenters. The maximum atomic E-state index is 13.3. The number of rotatable bonds is 8. The highest BCUT2D eigenvalue weighted by Gasteiger charge is 2.28. The lowest BCUT2D eigenvalue weighted by atomic mass is 10.0. The number of carbonyl (C=O) groups excluding carboxylic acids is 1. The standard InChI is InChI=1S/C27H30N4O3S3.H2O4S/c1-4-30-16-15-20-23(17-30)36-27(24(20)26-28-21-9-7-8-10-22(21)35-26)29-25(32)18-11-13-19(14-12-18)37(33,34)31(5-2)6-3;1-5(2,3)4/h7-14H,4-6,15-17H2,1-3H3,(H,29,32);(H2,1,2,3,4). The number of carbonyl (C=O) groups is 1. The monoisotopic (exact) mass is 652 g/mol. The molecule has 0 saturated heterocycles. The number of benzene rings is 2. The van der Waals surface area contributed by atoms with Crippen molar-refractivity contribution in [3.63, 3.8) is 0 Å². The molecule has 0 spiro atoms. The molecule has 5 rings (SSSR count). The van der Waals surface area contributed by atoms with Gasteiger partial charge in [-0.3, -0.25) is 18.8 Å². The summed E-state index contributed by atoms with van der Waals surface area (Å²) in [6, 6.07) is 14.3. The lowest BCUT2D eigenvalue weighted by Gasteiger charge is -2.25. The minimum Gasteiger partial charge on any atom is -0.313 e. The van der Waals surface area contributed by atoms with Gasteiger partial charge in [0.15, 0.2) is 0 Å². The third-order valence-electron chi connectivity index (χ3n) is 6.78. The van der Waals surface area contributed by atoms with E-state index >= 15 is 0 Å². The molecule has 0 saturated carbocycles. The maximum Gasteiger partial charge on any atom is 0.394 e. The molecular formula is C27H32N4O7S4. The highest BCUT2D eigenvalue weighted by molar-refractivity contribution is 7.89. The fourth-order valence-corrected chi connectivity index (χ4v) is 8.54. The summed E-state index contributed by atoms with van der Waals surface area (Å²) in [7, 11) is -8.24. The van der Waals surface area contributed by atoms with Crippen molar-refractivity contribution in [2.75, 3.05) is 31.5 Å². The first-order valence-corrected chi connectivity index (χ1v) is 17.7. The van der Waals surface area contributed by atoms with Crippen LogP contribution in [0.4, 0.5) is 5.00 Å². The number of likely N-dealkylation sites (N-methyl/N-ethyl adjacent to an activating group) is 1. The zero-order chi connectivity index (χ0) is 30.7. The number of hydrogen-bond acceptors (Lipinski definition) is 9. The number of para-hydroxylation sites is 1. The summed E-state index contributed by atoms with van der Waals surface area (Å²) < 4.78 is 59.8. The average molecular weight is 653 g/mol. The van der Waals surface area contributed by atoms with Crippen LogP contribution in [0.5, 0.6) is 0 Å². The van der Waals surface area contributed by atoms with E-state index in [0.717, 1.165) is 51.8 Å². The lowest BCUT2D eigenvalue weighted by Crippen LogP contribution is -2.30. The van der Waals surface area contributed by atoms with Crippen molar-refractivity contribution in [1.82, 2.24) is 14.2 Å². The number of fused-ring (bicyclic) bond motifs is 2. The van der Waals surface area contributed by atoms with E-state index in [4.69, 9.17) is 22.5 Å². The van der Waals surface area contributed by atoms with E-state index in [2.05, 4.69) is 23.2 Å². The van der Waals surface area contributed by atoms with E-state index in [1.165, 1.54) is 26.9 Å². The van der Waals surface area contributed by atoms with Crippen LogP contribution >= 0.6 is 22.7 Å². The number of aromatic nitrogens is 1. The van der Waals surface area contributed by atoms with Gasteiger partial charge in [0.2, 0.25) is 10.0 Å². The Morgan fingerprint density at radius 3 is 2.24 bits per heavy atom. The number of thiazole rings is 1. The number of thiophene rings is 1. The molecule has 3 N–H and O–H groups in total. The summed E-state index contributed by atoms with van der Waals surface area (Å²) in [5.74, 6) is -0.264. The van der Waals surface area contributed by atoms with Crippen LogP contribution in [0.3, 0.4) is 0 Å². The number of amides is 1. The summed E-state index contributed by atoms with van der Waals surface area (Å²) in [6.07, 6.45) is 0.915. The first-order valence-electron chi connectivity index (χ1n) is 13.2. The fraction of sp³-hybridized carbons (Fsp3) is 0.333. The molecule has 0 fully saturated rings. The Kier molecular flexibility index (Phi) is 10.2. The zero-order valence-electron chi connectivity index (χ0n) is 23.3. The molecule has 3 heterocycles. The van der Waals surface area contributed by atoms with Crippen LogP contribution in [0.25, 0.3) is 20.8 Å². The molecule has 0 bridgehead atoms. The van der Waals surface area contributed by atoms with Gasteiger partial charge >= 0.3 is 10.4 Å². The van der Waals surface area contributed by atoms with Crippen LogP contribution in [0.15, 0.2) is 53.4 Å². The van der Waals surface area contributed by atoms with Gasteiger partial charge in [0.25, 0.3) is 5.91 Å². The molecule has 1 amide bonds. The zero-order valence-corrected chi connectivity index (χ0v) is 26.5. The molecule has 11 nitrogen and oxygen atoms in total. The van der Waals surface area contributed by atoms with Gasteiger partial charge in [-0.2, -0.15) is 12.7 Å². The second-order valence-electron chi connectivity index (χ2n) is 9.33. The van der Waals surface area contributed by atoms with Crippen LogP contribution in [0, 0.1) is 0 Å². The topological polar surface area (TPSA) is 157 Å². The van der Waals surface area contributed by atoms with E-state index in [1.807, 2.05) is 32.0 Å². The third kappa shape index (κ3) is 7.41. The Morgan fingerprint density at radius 1 is 1.00 bits per heavy atom. The largest absolute Gasteiger partial charge is 0.394 e. The molecule has 0 radical (unpaired) electrons. The lowest BCUT2D eigenvalue weighted by molar-refractivity contribution is 0.102. The number of nitrogens with one attached hydrogen (secondary N) is 1. The fourth-order valence-electron chi connectivity index (χ4n) is 4.69. The van der Waals surface area contributed by atoms with Gasteiger partial charge in [0.1, 0.15) is 10.0 Å². The average Bonchev–Trinajstić information content (AvgIpc) is 3.52. The van der Waals surface area contributed by atoms with Gasteiger partial charge in [0.05, 0.1) is 15.1 Å². The normalized spacial score (nSPS) is 14.0. The predicted octanol–water partition coefficient (Wildman–Crippen LogP) is 5.03. The number of nitrogens with zero attached hydrogens (tertiary/aromatic N) is 3. The Labute approximate surface area is 253 Å². The second-order valence-corrected chi connectivity index (χ2v) is 14.3. The van der Waals surface area contributed by atoms with Crippen molar-refractivity contribution in [3.05, 3.63) is 64.5 Å². The van der Waals surface area contributed by atoms with Crippen LogP contribution < -0.4 is 5.32 Å². The molecule has 4 aromatic rings. The summed E-state index contributed by atoms with van der Waals surface area (Å²) >= 11 is 3.26. The van der Waals surface area contributed by atoms with E-state index in [1.54, 1.807) is 34.8 Å². The van der Waals surface area contributed by atoms with Gasteiger partial charge in [-0.15, -0.1) is 22.7 Å². The van der Waals surface area contributed by atoms with Crippen LogP contribution in [-0.4, -0.2) is 72.2 Å². The molecule has 2 aromatic heterocycles. The molecular weight excluding hydrogens is 621 g/mol. The van der Waals surface area contributed by atoms with Crippen LogP contribution in [-0.2, 0) is 33.4 Å². The highest BCUT2D eigenvalue weighted by atomic mass is 32.3. The minimum atomic E-state index is -4.67. The van der Waals surface area contributed by atoms with Crippen molar-refractivity contribution in [3.8, 4) is 10.6 Å². The SMILES string of the molecule is CCN1CCc2c(sc(NC(=O)c3ccc(S(=O)(=O)N(CC)CC)cc3)c2-c2nc3ccccc3s2)C1.O=S(=O)(O)O. The molecule has 42 heavy (non-hydrogen) atoms. The van der Waals surface area contributed by atoms with E-state index in [9.17, 15) is 13.2 Å². The molecule has 15 heteroatoms. The van der Waals surface area contributed by atoms with Gasteiger partial charge < -0.3 is 5.32 Å². The van der Waals surface area contributed by atoms with Crippen molar-refractivity contribution in [2.45, 2.75) is 38.6 Å². The van der Waals surface area contributed by atoms with E-state index < -0.39 is 20.4 Å². The predicted molar refractivity (Wildman–Crippen MR) is 166 cm³/mol. The van der Waals surface area contributed by atoms with Crippen molar-refractivity contribution >= 4 is 64.2 Å². The highest BCUT2D eigenvalue weighted by Crippen LogP contribution is 2.45. The molecule has 1 aliphatic rings. The first kappa shape index (κ1) is 32.2. The number of anilines is 1. The maximum absolute atomic E-state index is 13.3.